The van der Waals surface area contributed by atoms with Gasteiger partial charge in [0.2, 0.25) is 5.91 Å². The quantitative estimate of drug-likeness (QED) is 0.467. The number of piperazine rings is 2. The number of amides is 2. The van der Waals surface area contributed by atoms with E-state index >= 15 is 0 Å². The normalized spacial score (nSPS) is 16.3. The molecule has 0 aromatic heterocycles. The third-order valence-electron chi connectivity index (χ3n) is 6.48. The van der Waals surface area contributed by atoms with Gasteiger partial charge in [0, 0.05) is 88.7 Å². The molecule has 0 bridgehead atoms. The number of anilines is 2. The Kier molecular flexibility index (Phi) is 6.80. The predicted molar refractivity (Wildman–Crippen MR) is 129 cm³/mol. The summed E-state index contributed by atoms with van der Waals surface area (Å²) in [7, 11) is 0. The number of carbonyl (C=O) groups excluding carboxylic acids is 2. The summed E-state index contributed by atoms with van der Waals surface area (Å²) in [5, 5.41) is 22.6. The lowest BCUT2D eigenvalue weighted by atomic mass is 10.1. The van der Waals surface area contributed by atoms with E-state index in [0.29, 0.717) is 58.0 Å². The molecule has 12 heteroatoms. The lowest BCUT2D eigenvalue weighted by Gasteiger charge is -2.36. The van der Waals surface area contributed by atoms with E-state index in [1.165, 1.54) is 25.1 Å². The van der Waals surface area contributed by atoms with E-state index in [-0.39, 0.29) is 28.8 Å². The van der Waals surface area contributed by atoms with E-state index in [9.17, 15) is 29.8 Å². The molecule has 2 saturated heterocycles. The first-order valence-electron chi connectivity index (χ1n) is 11.3. The van der Waals surface area contributed by atoms with Crippen LogP contribution in [0.1, 0.15) is 17.3 Å². The standard InChI is InChI=1S/C23H26N6O6/c1-17(30)24-8-12-26(13-9-24)21-7-2-18(16-22(21)29(34)35)23(31)27-14-10-25(11-15-27)19-3-5-20(6-4-19)28(32)33/h2-7,16H,8-15H2,1H3. The highest BCUT2D eigenvalue weighted by Gasteiger charge is 2.28. The third kappa shape index (κ3) is 5.15. The Balaban J connectivity index is 1.42. The number of non-ortho nitro benzene ring substituents is 1. The van der Waals surface area contributed by atoms with Gasteiger partial charge < -0.3 is 19.6 Å². The number of hydrogen-bond donors (Lipinski definition) is 0. The minimum atomic E-state index is -0.476. The summed E-state index contributed by atoms with van der Waals surface area (Å²) in [6, 6.07) is 10.8. The molecule has 4 rings (SSSR count). The zero-order chi connectivity index (χ0) is 25.1. The molecular formula is C23H26N6O6. The molecule has 2 aliphatic rings. The molecule has 2 amide bonds. The van der Waals surface area contributed by atoms with Crippen LogP contribution in [0.15, 0.2) is 42.5 Å². The number of nitrogens with zero attached hydrogens (tertiary/aromatic N) is 6. The van der Waals surface area contributed by atoms with E-state index < -0.39 is 9.85 Å². The second kappa shape index (κ2) is 9.95. The van der Waals surface area contributed by atoms with Crippen LogP contribution in [0.25, 0.3) is 0 Å². The largest absolute Gasteiger partial charge is 0.368 e. The van der Waals surface area contributed by atoms with Crippen LogP contribution in [0.5, 0.6) is 0 Å². The highest BCUT2D eigenvalue weighted by molar-refractivity contribution is 5.96. The van der Waals surface area contributed by atoms with Crippen molar-refractivity contribution >= 4 is 34.6 Å². The topological polar surface area (TPSA) is 133 Å². The molecule has 2 heterocycles. The van der Waals surface area contributed by atoms with Crippen molar-refractivity contribution in [1.82, 2.24) is 9.80 Å². The first-order valence-corrected chi connectivity index (χ1v) is 11.3. The maximum absolute atomic E-state index is 13.1. The van der Waals surface area contributed by atoms with Gasteiger partial charge in [0.1, 0.15) is 5.69 Å². The van der Waals surface area contributed by atoms with Gasteiger partial charge in [-0.15, -0.1) is 0 Å². The molecule has 0 atom stereocenters. The molecule has 2 aromatic carbocycles. The number of carbonyl (C=O) groups is 2. The summed E-state index contributed by atoms with van der Waals surface area (Å²) in [5.41, 5.74) is 1.43. The number of benzene rings is 2. The molecule has 0 saturated carbocycles. The highest BCUT2D eigenvalue weighted by atomic mass is 16.6. The predicted octanol–water partition coefficient (Wildman–Crippen LogP) is 2.13. The van der Waals surface area contributed by atoms with E-state index in [1.54, 1.807) is 34.1 Å². The Morgan fingerprint density at radius 1 is 0.743 bits per heavy atom. The lowest BCUT2D eigenvalue weighted by molar-refractivity contribution is -0.384. The number of rotatable bonds is 5. The summed E-state index contributed by atoms with van der Waals surface area (Å²) in [5.74, 6) is -0.293. The number of nitro groups is 2. The van der Waals surface area contributed by atoms with Crippen LogP contribution in [0.2, 0.25) is 0 Å². The van der Waals surface area contributed by atoms with Gasteiger partial charge in [-0.05, 0) is 24.3 Å². The fourth-order valence-electron chi connectivity index (χ4n) is 4.47. The summed E-state index contributed by atoms with van der Waals surface area (Å²) in [4.78, 5) is 53.6. The Morgan fingerprint density at radius 2 is 1.31 bits per heavy atom. The van der Waals surface area contributed by atoms with Crippen molar-refractivity contribution in [2.75, 3.05) is 62.2 Å². The molecule has 0 aliphatic carbocycles. The summed E-state index contributed by atoms with van der Waals surface area (Å²) in [6.07, 6.45) is 0. The Hall–Kier alpha value is -4.22. The lowest BCUT2D eigenvalue weighted by Crippen LogP contribution is -2.49. The van der Waals surface area contributed by atoms with Crippen LogP contribution in [0.4, 0.5) is 22.7 Å². The van der Waals surface area contributed by atoms with Crippen molar-refractivity contribution in [2.45, 2.75) is 6.92 Å². The number of nitro benzene ring substituents is 2. The van der Waals surface area contributed by atoms with Gasteiger partial charge >= 0.3 is 0 Å². The second-order valence-electron chi connectivity index (χ2n) is 8.51. The molecule has 0 radical (unpaired) electrons. The van der Waals surface area contributed by atoms with Crippen molar-refractivity contribution in [3.05, 3.63) is 68.3 Å². The maximum atomic E-state index is 13.1. The Bertz CT molecular complexity index is 1140. The van der Waals surface area contributed by atoms with Crippen LogP contribution in [0.3, 0.4) is 0 Å². The van der Waals surface area contributed by atoms with Crippen molar-refractivity contribution in [3.63, 3.8) is 0 Å². The minimum Gasteiger partial charge on any atom is -0.368 e. The van der Waals surface area contributed by atoms with Gasteiger partial charge in [-0.1, -0.05) is 0 Å². The molecule has 12 nitrogen and oxygen atoms in total. The fraction of sp³-hybridized carbons (Fsp3) is 0.391. The van der Waals surface area contributed by atoms with Crippen molar-refractivity contribution < 1.29 is 19.4 Å². The van der Waals surface area contributed by atoms with Crippen molar-refractivity contribution in [1.29, 1.82) is 0 Å². The molecule has 0 N–H and O–H groups in total. The zero-order valence-corrected chi connectivity index (χ0v) is 19.3. The number of hydrogen-bond acceptors (Lipinski definition) is 8. The molecule has 2 fully saturated rings. The SMILES string of the molecule is CC(=O)N1CCN(c2ccc(C(=O)N3CCN(c4ccc([N+](=O)[O-])cc4)CC3)cc2[N+](=O)[O-])CC1. The van der Waals surface area contributed by atoms with Gasteiger partial charge in [-0.25, -0.2) is 0 Å². The van der Waals surface area contributed by atoms with E-state index in [2.05, 4.69) is 0 Å². The van der Waals surface area contributed by atoms with Crippen molar-refractivity contribution in [3.8, 4) is 0 Å². The average molecular weight is 482 g/mol. The Labute approximate surface area is 201 Å². The summed E-state index contributed by atoms with van der Waals surface area (Å²) < 4.78 is 0. The van der Waals surface area contributed by atoms with Gasteiger partial charge in [0.25, 0.3) is 17.3 Å². The first kappa shape index (κ1) is 23.9. The summed E-state index contributed by atoms with van der Waals surface area (Å²) >= 11 is 0. The van der Waals surface area contributed by atoms with Crippen LogP contribution in [-0.2, 0) is 4.79 Å². The highest BCUT2D eigenvalue weighted by Crippen LogP contribution is 2.31. The first-order chi connectivity index (χ1) is 16.7. The zero-order valence-electron chi connectivity index (χ0n) is 19.3. The molecule has 35 heavy (non-hydrogen) atoms. The average Bonchev–Trinajstić information content (AvgIpc) is 2.88. The second-order valence-corrected chi connectivity index (χ2v) is 8.51. The van der Waals surface area contributed by atoms with Crippen LogP contribution in [-0.4, -0.2) is 83.8 Å². The van der Waals surface area contributed by atoms with Crippen molar-refractivity contribution in [2.24, 2.45) is 0 Å². The third-order valence-corrected chi connectivity index (χ3v) is 6.48. The van der Waals surface area contributed by atoms with E-state index in [4.69, 9.17) is 0 Å². The summed E-state index contributed by atoms with van der Waals surface area (Å²) in [6.45, 7) is 5.41. The van der Waals surface area contributed by atoms with Crippen LogP contribution >= 0.6 is 0 Å². The molecule has 2 aromatic rings. The van der Waals surface area contributed by atoms with Gasteiger partial charge in [-0.3, -0.25) is 29.8 Å². The van der Waals surface area contributed by atoms with Gasteiger partial charge in [0.15, 0.2) is 0 Å². The van der Waals surface area contributed by atoms with Gasteiger partial charge in [-0.2, -0.15) is 0 Å². The maximum Gasteiger partial charge on any atom is 0.293 e. The van der Waals surface area contributed by atoms with Crippen LogP contribution in [0, 0.1) is 20.2 Å². The minimum absolute atomic E-state index is 0.0197. The molecule has 0 spiro atoms. The Morgan fingerprint density at radius 3 is 1.86 bits per heavy atom. The van der Waals surface area contributed by atoms with Gasteiger partial charge in [0.05, 0.1) is 9.85 Å². The molecule has 184 valence electrons. The van der Waals surface area contributed by atoms with Crippen LogP contribution < -0.4 is 9.80 Å². The molecular weight excluding hydrogens is 456 g/mol. The monoisotopic (exact) mass is 482 g/mol. The van der Waals surface area contributed by atoms with E-state index in [1.807, 2.05) is 9.80 Å². The molecule has 0 unspecified atom stereocenters. The molecule has 2 aliphatic heterocycles. The smallest absolute Gasteiger partial charge is 0.293 e. The van der Waals surface area contributed by atoms with E-state index in [0.717, 1.165) is 5.69 Å². The fourth-order valence-corrected chi connectivity index (χ4v) is 4.47.